The van der Waals surface area contributed by atoms with Crippen molar-refractivity contribution in [2.45, 2.75) is 39.2 Å². The summed E-state index contributed by atoms with van der Waals surface area (Å²) < 4.78 is 6.24. The van der Waals surface area contributed by atoms with Gasteiger partial charge in [0.2, 0.25) is 0 Å². The van der Waals surface area contributed by atoms with Crippen LogP contribution in [0.1, 0.15) is 57.4 Å². The quantitative estimate of drug-likeness (QED) is 0.234. The number of nitrogens with zero attached hydrogens (tertiary/aromatic N) is 1. The minimum absolute atomic E-state index is 0.0355. The molecule has 0 bridgehead atoms. The van der Waals surface area contributed by atoms with Crippen LogP contribution in [0.3, 0.4) is 0 Å². The van der Waals surface area contributed by atoms with Crippen LogP contribution in [-0.4, -0.2) is 23.3 Å². The van der Waals surface area contributed by atoms with Crippen molar-refractivity contribution < 1.29 is 14.0 Å². The van der Waals surface area contributed by atoms with Crippen LogP contribution in [0.2, 0.25) is 0 Å². The van der Waals surface area contributed by atoms with Gasteiger partial charge in [-0.1, -0.05) is 74.0 Å². The summed E-state index contributed by atoms with van der Waals surface area (Å²) in [5.74, 6) is 1.55. The van der Waals surface area contributed by atoms with Gasteiger partial charge in [0.15, 0.2) is 0 Å². The maximum absolute atomic E-state index is 13.5. The average molecular weight is 529 g/mol. The van der Waals surface area contributed by atoms with Crippen molar-refractivity contribution in [3.05, 3.63) is 125 Å². The van der Waals surface area contributed by atoms with Crippen LogP contribution in [0.25, 0.3) is 22.1 Å². The summed E-state index contributed by atoms with van der Waals surface area (Å²) in [6, 6.07) is 31.4. The average Bonchev–Trinajstić information content (AvgIpc) is 3.43. The number of carbonyl (C=O) groups is 2. The Morgan fingerprint density at radius 2 is 1.70 bits per heavy atom. The second-order valence-corrected chi connectivity index (χ2v) is 10.4. The summed E-state index contributed by atoms with van der Waals surface area (Å²) in [5.41, 5.74) is 5.22. The highest BCUT2D eigenvalue weighted by Crippen LogP contribution is 2.32. The molecule has 1 aliphatic rings. The van der Waals surface area contributed by atoms with Gasteiger partial charge in [0.05, 0.1) is 0 Å². The molecule has 0 saturated carbocycles. The van der Waals surface area contributed by atoms with E-state index in [9.17, 15) is 9.59 Å². The molecular weight excluding hydrogens is 496 g/mol. The van der Waals surface area contributed by atoms with Crippen LogP contribution in [0.4, 0.5) is 5.69 Å². The fourth-order valence-corrected chi connectivity index (χ4v) is 5.39. The van der Waals surface area contributed by atoms with Crippen LogP contribution in [0.5, 0.6) is 0 Å². The molecule has 0 spiro atoms. The Kier molecular flexibility index (Phi) is 7.19. The van der Waals surface area contributed by atoms with Crippen molar-refractivity contribution in [1.82, 2.24) is 4.90 Å². The van der Waals surface area contributed by atoms with E-state index in [1.807, 2.05) is 102 Å². The SMILES string of the molecule is CCCCc1ccc(C(=O)Nc2cccc(-c3cc4c(o3)CCN(C(=O)c3cccc5ccccc35)C4)c2)cc1. The number of amides is 2. The molecule has 6 rings (SSSR count). The van der Waals surface area contributed by atoms with Crippen molar-refractivity contribution in [2.24, 2.45) is 0 Å². The molecule has 0 atom stereocenters. The lowest BCUT2D eigenvalue weighted by Gasteiger charge is -2.26. The normalized spacial score (nSPS) is 12.8. The molecule has 5 heteroatoms. The maximum Gasteiger partial charge on any atom is 0.255 e. The fourth-order valence-electron chi connectivity index (χ4n) is 5.39. The number of rotatable bonds is 7. The number of nitrogens with one attached hydrogen (secondary N) is 1. The Balaban J connectivity index is 1.16. The molecule has 1 aliphatic heterocycles. The molecule has 0 unspecified atom stereocenters. The topological polar surface area (TPSA) is 62.6 Å². The molecule has 0 aliphatic carbocycles. The third-order valence-corrected chi connectivity index (χ3v) is 7.61. The lowest BCUT2D eigenvalue weighted by atomic mass is 10.0. The Morgan fingerprint density at radius 3 is 2.55 bits per heavy atom. The van der Waals surface area contributed by atoms with E-state index in [0.29, 0.717) is 30.8 Å². The van der Waals surface area contributed by atoms with Crippen LogP contribution in [0.15, 0.2) is 101 Å². The second-order valence-electron chi connectivity index (χ2n) is 10.4. The number of unbranched alkanes of at least 4 members (excludes halogenated alkanes) is 1. The van der Waals surface area contributed by atoms with Crippen molar-refractivity contribution in [1.29, 1.82) is 0 Å². The number of furan rings is 1. The van der Waals surface area contributed by atoms with E-state index in [1.165, 1.54) is 5.56 Å². The number of carbonyl (C=O) groups excluding carboxylic acids is 2. The summed E-state index contributed by atoms with van der Waals surface area (Å²) in [6.45, 7) is 3.29. The van der Waals surface area contributed by atoms with E-state index in [0.717, 1.165) is 58.2 Å². The van der Waals surface area contributed by atoms with E-state index in [4.69, 9.17) is 4.42 Å². The predicted molar refractivity (Wildman–Crippen MR) is 160 cm³/mol. The molecule has 0 saturated heterocycles. The largest absolute Gasteiger partial charge is 0.461 e. The molecule has 2 heterocycles. The maximum atomic E-state index is 13.5. The van der Waals surface area contributed by atoms with E-state index >= 15 is 0 Å². The van der Waals surface area contributed by atoms with Crippen LogP contribution >= 0.6 is 0 Å². The van der Waals surface area contributed by atoms with Gasteiger partial charge in [-0.2, -0.15) is 0 Å². The molecule has 200 valence electrons. The second kappa shape index (κ2) is 11.2. The fraction of sp³-hybridized carbons (Fsp3) is 0.200. The first-order valence-corrected chi connectivity index (χ1v) is 14.0. The lowest BCUT2D eigenvalue weighted by molar-refractivity contribution is 0.0732. The van der Waals surface area contributed by atoms with Gasteiger partial charge in [0, 0.05) is 47.5 Å². The number of fused-ring (bicyclic) bond motifs is 2. The number of benzene rings is 4. The molecule has 40 heavy (non-hydrogen) atoms. The highest BCUT2D eigenvalue weighted by Gasteiger charge is 2.26. The van der Waals surface area contributed by atoms with Gasteiger partial charge in [-0.05, 0) is 65.6 Å². The third kappa shape index (κ3) is 5.28. The Morgan fingerprint density at radius 1 is 0.900 bits per heavy atom. The van der Waals surface area contributed by atoms with Crippen LogP contribution in [0, 0.1) is 0 Å². The molecule has 5 nitrogen and oxygen atoms in total. The summed E-state index contributed by atoms with van der Waals surface area (Å²) in [4.78, 5) is 28.3. The van der Waals surface area contributed by atoms with E-state index < -0.39 is 0 Å². The van der Waals surface area contributed by atoms with Crippen LogP contribution < -0.4 is 5.32 Å². The summed E-state index contributed by atoms with van der Waals surface area (Å²) in [5, 5.41) is 5.05. The van der Waals surface area contributed by atoms with E-state index in [2.05, 4.69) is 12.2 Å². The van der Waals surface area contributed by atoms with E-state index in [-0.39, 0.29) is 11.8 Å². The highest BCUT2D eigenvalue weighted by molar-refractivity contribution is 6.07. The molecule has 4 aromatic carbocycles. The summed E-state index contributed by atoms with van der Waals surface area (Å²) >= 11 is 0. The summed E-state index contributed by atoms with van der Waals surface area (Å²) in [7, 11) is 0. The molecule has 2 amide bonds. The van der Waals surface area contributed by atoms with Crippen molar-refractivity contribution >= 4 is 28.3 Å². The summed E-state index contributed by atoms with van der Waals surface area (Å²) in [6.07, 6.45) is 3.99. The molecule has 0 fully saturated rings. The lowest BCUT2D eigenvalue weighted by Crippen LogP contribution is -2.35. The number of anilines is 1. The number of hydrogen-bond acceptors (Lipinski definition) is 3. The van der Waals surface area contributed by atoms with Crippen LogP contribution in [-0.2, 0) is 19.4 Å². The smallest absolute Gasteiger partial charge is 0.255 e. The Hall–Kier alpha value is -4.64. The zero-order valence-corrected chi connectivity index (χ0v) is 22.7. The van der Waals surface area contributed by atoms with Gasteiger partial charge in [0.1, 0.15) is 11.5 Å². The molecular formula is C35H32N2O3. The zero-order valence-electron chi connectivity index (χ0n) is 22.7. The first kappa shape index (κ1) is 25.6. The monoisotopic (exact) mass is 528 g/mol. The van der Waals surface area contributed by atoms with Crippen molar-refractivity contribution in [3.8, 4) is 11.3 Å². The zero-order chi connectivity index (χ0) is 27.5. The van der Waals surface area contributed by atoms with Gasteiger partial charge in [0.25, 0.3) is 11.8 Å². The number of hydrogen-bond donors (Lipinski definition) is 1. The van der Waals surface area contributed by atoms with E-state index in [1.54, 1.807) is 0 Å². The third-order valence-electron chi connectivity index (χ3n) is 7.61. The minimum Gasteiger partial charge on any atom is -0.461 e. The van der Waals surface area contributed by atoms with Gasteiger partial charge in [-0.25, -0.2) is 0 Å². The number of aryl methyl sites for hydroxylation is 1. The van der Waals surface area contributed by atoms with Gasteiger partial charge in [-0.3, -0.25) is 9.59 Å². The molecule has 1 aromatic heterocycles. The van der Waals surface area contributed by atoms with Gasteiger partial charge >= 0.3 is 0 Å². The minimum atomic E-state index is -0.138. The predicted octanol–water partition coefficient (Wildman–Crippen LogP) is 7.89. The Labute approximate surface area is 234 Å². The Bertz CT molecular complexity index is 1680. The van der Waals surface area contributed by atoms with Gasteiger partial charge in [-0.15, -0.1) is 0 Å². The highest BCUT2D eigenvalue weighted by atomic mass is 16.3. The molecule has 0 radical (unpaired) electrons. The standard InChI is InChI=1S/C35H32N2O3/c1-2-3-8-24-15-17-26(18-16-24)34(38)36-29-12-6-11-27(21-29)33-22-28-23-37(20-19-32(28)40-33)35(39)31-14-7-10-25-9-4-5-13-30(25)31/h4-7,9-18,21-22H,2-3,8,19-20,23H2,1H3,(H,36,38). The molecule has 5 aromatic rings. The van der Waals surface area contributed by atoms with Gasteiger partial charge < -0.3 is 14.6 Å². The molecule has 1 N–H and O–H groups in total. The first-order valence-electron chi connectivity index (χ1n) is 14.0. The van der Waals surface area contributed by atoms with Crippen molar-refractivity contribution in [2.75, 3.05) is 11.9 Å². The van der Waals surface area contributed by atoms with Crippen molar-refractivity contribution in [3.63, 3.8) is 0 Å². The first-order chi connectivity index (χ1) is 19.6.